The van der Waals surface area contributed by atoms with Gasteiger partial charge in [-0.25, -0.2) is 0 Å². The van der Waals surface area contributed by atoms with Crippen LogP contribution in [0.5, 0.6) is 5.75 Å². The molecule has 0 fully saturated rings. The van der Waals surface area contributed by atoms with E-state index in [1.807, 2.05) is 42.5 Å². The zero-order valence-corrected chi connectivity index (χ0v) is 12.8. The summed E-state index contributed by atoms with van der Waals surface area (Å²) in [6.07, 6.45) is 1.38. The number of rotatable bonds is 4. The molecular weight excluding hydrogens is 377 g/mol. The molecule has 0 radical (unpaired) electrons. The normalized spacial score (nSPS) is 10.8. The third-order valence-electron chi connectivity index (χ3n) is 2.47. The van der Waals surface area contributed by atoms with Crippen molar-refractivity contribution in [1.82, 2.24) is 0 Å². The average Bonchev–Trinajstić information content (AvgIpc) is 2.40. The van der Waals surface area contributed by atoms with Gasteiger partial charge in [0.25, 0.3) is 0 Å². The number of benzene rings is 2. The highest BCUT2D eigenvalue weighted by Crippen LogP contribution is 2.23. The van der Waals surface area contributed by atoms with Crippen LogP contribution in [0.3, 0.4) is 0 Å². The van der Waals surface area contributed by atoms with E-state index >= 15 is 0 Å². The molecule has 2 aromatic carbocycles. The van der Waals surface area contributed by atoms with Gasteiger partial charge >= 0.3 is 0 Å². The van der Waals surface area contributed by atoms with Crippen molar-refractivity contribution < 1.29 is 9.94 Å². The van der Waals surface area contributed by atoms with Crippen LogP contribution in [0, 0.1) is 3.57 Å². The Balaban J connectivity index is 2.05. The lowest BCUT2D eigenvalue weighted by Crippen LogP contribution is -1.97. The summed E-state index contributed by atoms with van der Waals surface area (Å²) >= 11 is 8.01. The van der Waals surface area contributed by atoms with Crippen molar-refractivity contribution in [3.05, 3.63) is 62.2 Å². The summed E-state index contributed by atoms with van der Waals surface area (Å²) in [4.78, 5) is 0. The van der Waals surface area contributed by atoms with Crippen molar-refractivity contribution >= 4 is 40.4 Å². The molecule has 0 atom stereocenters. The molecule has 0 heterocycles. The van der Waals surface area contributed by atoms with Crippen molar-refractivity contribution in [2.75, 3.05) is 0 Å². The molecule has 5 heteroatoms. The minimum Gasteiger partial charge on any atom is -0.488 e. The molecule has 0 saturated heterocycles. The number of nitrogens with zero attached hydrogens (tertiary/aromatic N) is 1. The van der Waals surface area contributed by atoms with Gasteiger partial charge in [0.1, 0.15) is 12.4 Å². The van der Waals surface area contributed by atoms with Crippen LogP contribution in [-0.4, -0.2) is 11.4 Å². The van der Waals surface area contributed by atoms with Crippen molar-refractivity contribution in [1.29, 1.82) is 0 Å². The van der Waals surface area contributed by atoms with Gasteiger partial charge in [0.05, 0.1) is 9.78 Å². The summed E-state index contributed by atoms with van der Waals surface area (Å²) in [5.41, 5.74) is 1.88. The van der Waals surface area contributed by atoms with Crippen LogP contribution in [0.15, 0.2) is 47.6 Å². The molecule has 1 N–H and O–H groups in total. The fourth-order valence-corrected chi connectivity index (χ4v) is 2.34. The van der Waals surface area contributed by atoms with E-state index in [1.165, 1.54) is 6.21 Å². The van der Waals surface area contributed by atoms with E-state index in [0.29, 0.717) is 11.6 Å². The van der Waals surface area contributed by atoms with Gasteiger partial charge in [0, 0.05) is 5.02 Å². The molecule has 0 amide bonds. The van der Waals surface area contributed by atoms with Gasteiger partial charge in [-0.3, -0.25) is 0 Å². The van der Waals surface area contributed by atoms with Crippen molar-refractivity contribution in [3.63, 3.8) is 0 Å². The molecule has 0 spiro atoms. The minimum atomic E-state index is 0.487. The Morgan fingerprint density at radius 1 is 1.21 bits per heavy atom. The molecule has 3 nitrogen and oxygen atoms in total. The zero-order chi connectivity index (χ0) is 13.7. The highest BCUT2D eigenvalue weighted by atomic mass is 127. The molecule has 0 saturated carbocycles. The van der Waals surface area contributed by atoms with Crippen molar-refractivity contribution in [2.45, 2.75) is 6.61 Å². The summed E-state index contributed by atoms with van der Waals surface area (Å²) < 4.78 is 6.70. The maximum atomic E-state index is 8.48. The van der Waals surface area contributed by atoms with Crippen LogP contribution >= 0.6 is 34.2 Å². The minimum absolute atomic E-state index is 0.487. The first-order valence-electron chi connectivity index (χ1n) is 5.53. The molecule has 0 aliphatic heterocycles. The molecule has 0 unspecified atom stereocenters. The highest BCUT2D eigenvalue weighted by Gasteiger charge is 2.02. The number of hydrogen-bond acceptors (Lipinski definition) is 3. The number of hydrogen-bond donors (Lipinski definition) is 1. The number of ether oxygens (including phenoxy) is 1. The van der Waals surface area contributed by atoms with E-state index < -0.39 is 0 Å². The summed E-state index contributed by atoms with van der Waals surface area (Å²) in [6.45, 7) is 0.487. The van der Waals surface area contributed by atoms with Gasteiger partial charge in [-0.15, -0.1) is 0 Å². The first-order chi connectivity index (χ1) is 9.19. The first-order valence-corrected chi connectivity index (χ1v) is 6.99. The van der Waals surface area contributed by atoms with Crippen LogP contribution in [0.2, 0.25) is 5.02 Å². The van der Waals surface area contributed by atoms with E-state index in [9.17, 15) is 0 Å². The van der Waals surface area contributed by atoms with Gasteiger partial charge in [-0.1, -0.05) is 28.9 Å². The third kappa shape index (κ3) is 4.11. The van der Waals surface area contributed by atoms with Crippen LogP contribution in [0.1, 0.15) is 11.1 Å². The van der Waals surface area contributed by atoms with Crippen molar-refractivity contribution in [3.8, 4) is 5.75 Å². The summed E-state index contributed by atoms with van der Waals surface area (Å²) in [6, 6.07) is 13.1. The van der Waals surface area contributed by atoms with E-state index in [4.69, 9.17) is 21.5 Å². The molecule has 19 heavy (non-hydrogen) atoms. The van der Waals surface area contributed by atoms with Crippen LogP contribution in [0.4, 0.5) is 0 Å². The van der Waals surface area contributed by atoms with Gasteiger partial charge in [0.15, 0.2) is 0 Å². The lowest BCUT2D eigenvalue weighted by atomic mass is 10.2. The van der Waals surface area contributed by atoms with E-state index in [2.05, 4.69) is 27.7 Å². The topological polar surface area (TPSA) is 41.8 Å². The summed E-state index contributed by atoms with van der Waals surface area (Å²) in [7, 11) is 0. The standard InChI is InChI=1S/C14H11ClINO2/c15-12-4-1-10(2-5-12)9-19-14-6-3-11(8-17-18)7-13(14)16/h1-8,18H,9H2/b17-8-. The van der Waals surface area contributed by atoms with E-state index in [1.54, 1.807) is 0 Å². The SMILES string of the molecule is O/N=C\c1ccc(OCc2ccc(Cl)cc2)c(I)c1. The molecule has 0 aliphatic carbocycles. The quantitative estimate of drug-likeness (QED) is 0.367. The van der Waals surface area contributed by atoms with Gasteiger partial charge in [0.2, 0.25) is 0 Å². The Labute approximate surface area is 130 Å². The molecule has 0 bridgehead atoms. The zero-order valence-electron chi connectivity index (χ0n) is 9.88. The lowest BCUT2D eigenvalue weighted by Gasteiger charge is -2.09. The third-order valence-corrected chi connectivity index (χ3v) is 3.57. The fourth-order valence-electron chi connectivity index (χ4n) is 1.52. The predicted octanol–water partition coefficient (Wildman–Crippen LogP) is 4.33. The van der Waals surface area contributed by atoms with Gasteiger partial charge in [-0.05, 0) is 64.0 Å². The highest BCUT2D eigenvalue weighted by molar-refractivity contribution is 14.1. The molecule has 98 valence electrons. The Morgan fingerprint density at radius 2 is 1.95 bits per heavy atom. The van der Waals surface area contributed by atoms with Gasteiger partial charge in [-0.2, -0.15) is 0 Å². The van der Waals surface area contributed by atoms with E-state index in [0.717, 1.165) is 20.4 Å². The van der Waals surface area contributed by atoms with Crippen LogP contribution in [0.25, 0.3) is 0 Å². The molecule has 2 aromatic rings. The van der Waals surface area contributed by atoms with Crippen molar-refractivity contribution in [2.24, 2.45) is 5.16 Å². The van der Waals surface area contributed by atoms with Gasteiger partial charge < -0.3 is 9.94 Å². The second-order valence-electron chi connectivity index (χ2n) is 3.85. The second kappa shape index (κ2) is 6.77. The lowest BCUT2D eigenvalue weighted by molar-refractivity contribution is 0.304. The molecular formula is C14H11ClINO2. The number of halogens is 2. The molecule has 0 aliphatic rings. The first kappa shape index (κ1) is 14.1. The molecule has 2 rings (SSSR count). The maximum Gasteiger partial charge on any atom is 0.133 e. The molecule has 0 aromatic heterocycles. The second-order valence-corrected chi connectivity index (χ2v) is 5.45. The Morgan fingerprint density at radius 3 is 2.58 bits per heavy atom. The van der Waals surface area contributed by atoms with Crippen LogP contribution < -0.4 is 4.74 Å². The monoisotopic (exact) mass is 387 g/mol. The maximum absolute atomic E-state index is 8.48. The summed E-state index contributed by atoms with van der Waals surface area (Å²) in [5, 5.41) is 12.2. The summed E-state index contributed by atoms with van der Waals surface area (Å²) in [5.74, 6) is 0.797. The van der Waals surface area contributed by atoms with Crippen LogP contribution in [-0.2, 0) is 6.61 Å². The smallest absolute Gasteiger partial charge is 0.133 e. The fraction of sp³-hybridized carbons (Fsp3) is 0.0714. The number of oxime groups is 1. The largest absolute Gasteiger partial charge is 0.488 e. The Kier molecular flexibility index (Phi) is 5.04. The predicted molar refractivity (Wildman–Crippen MR) is 84.3 cm³/mol. The average molecular weight is 388 g/mol. The van der Waals surface area contributed by atoms with E-state index in [-0.39, 0.29) is 0 Å². The Hall–Kier alpha value is -1.27. The Bertz CT molecular complexity index is 584.